The smallest absolute Gasteiger partial charge is 0.199 e. The molecular formula is C14H10F3NO. The molecule has 0 bridgehead atoms. The summed E-state index contributed by atoms with van der Waals surface area (Å²) in [5.41, 5.74) is 5.02. The zero-order valence-electron chi connectivity index (χ0n) is 10.0. The summed E-state index contributed by atoms with van der Waals surface area (Å²) in [5, 5.41) is 0. The maximum absolute atomic E-state index is 13.6. The van der Waals surface area contributed by atoms with Gasteiger partial charge < -0.3 is 5.73 Å². The molecule has 0 unspecified atom stereocenters. The fourth-order valence-corrected chi connectivity index (χ4v) is 1.69. The van der Waals surface area contributed by atoms with Crippen LogP contribution in [0.1, 0.15) is 21.5 Å². The van der Waals surface area contributed by atoms with Gasteiger partial charge in [0.2, 0.25) is 0 Å². The van der Waals surface area contributed by atoms with Gasteiger partial charge in [-0.3, -0.25) is 4.79 Å². The van der Waals surface area contributed by atoms with Crippen molar-refractivity contribution in [3.8, 4) is 0 Å². The number of rotatable bonds is 2. The summed E-state index contributed by atoms with van der Waals surface area (Å²) in [7, 11) is 0. The normalized spacial score (nSPS) is 10.5. The molecule has 2 nitrogen and oxygen atoms in total. The highest BCUT2D eigenvalue weighted by Gasteiger charge is 2.19. The summed E-state index contributed by atoms with van der Waals surface area (Å²) >= 11 is 0. The van der Waals surface area contributed by atoms with Gasteiger partial charge in [-0.15, -0.1) is 0 Å². The first-order chi connectivity index (χ1) is 8.90. The summed E-state index contributed by atoms with van der Waals surface area (Å²) < 4.78 is 40.3. The summed E-state index contributed by atoms with van der Waals surface area (Å²) in [5.74, 6) is -3.47. The number of nitrogens with two attached hydrogens (primary N) is 1. The Labute approximate surface area is 107 Å². The van der Waals surface area contributed by atoms with Crippen LogP contribution in [0.3, 0.4) is 0 Å². The van der Waals surface area contributed by atoms with Gasteiger partial charge >= 0.3 is 0 Å². The summed E-state index contributed by atoms with van der Waals surface area (Å²) in [6.45, 7) is 1.39. The Bertz CT molecular complexity index is 668. The highest BCUT2D eigenvalue weighted by molar-refractivity contribution is 6.09. The van der Waals surface area contributed by atoms with Crippen molar-refractivity contribution in [2.75, 3.05) is 5.73 Å². The van der Waals surface area contributed by atoms with Crippen LogP contribution in [0.2, 0.25) is 0 Å². The van der Waals surface area contributed by atoms with E-state index in [9.17, 15) is 18.0 Å². The Hall–Kier alpha value is -2.30. The first kappa shape index (κ1) is 13.1. The third-order valence-electron chi connectivity index (χ3n) is 2.73. The molecule has 0 radical (unpaired) electrons. The monoisotopic (exact) mass is 265 g/mol. The fraction of sp³-hybridized carbons (Fsp3) is 0.0714. The predicted octanol–water partition coefficient (Wildman–Crippen LogP) is 3.23. The largest absolute Gasteiger partial charge is 0.399 e. The van der Waals surface area contributed by atoms with E-state index >= 15 is 0 Å². The van der Waals surface area contributed by atoms with E-state index in [2.05, 4.69) is 0 Å². The molecule has 2 rings (SSSR count). The summed E-state index contributed by atoms with van der Waals surface area (Å²) in [6.07, 6.45) is 0. The Kier molecular flexibility index (Phi) is 3.29. The number of ketones is 1. The third kappa shape index (κ3) is 2.45. The minimum absolute atomic E-state index is 0.106. The maximum atomic E-state index is 13.6. The second-order valence-electron chi connectivity index (χ2n) is 4.15. The zero-order chi connectivity index (χ0) is 14.2. The second kappa shape index (κ2) is 4.76. The van der Waals surface area contributed by atoms with Crippen molar-refractivity contribution in [1.82, 2.24) is 0 Å². The Balaban J connectivity index is 2.56. The van der Waals surface area contributed by atoms with Gasteiger partial charge in [-0.2, -0.15) is 0 Å². The van der Waals surface area contributed by atoms with Crippen molar-refractivity contribution >= 4 is 11.5 Å². The third-order valence-corrected chi connectivity index (χ3v) is 2.73. The standard InChI is InChI=1S/C14H10F3NO/c1-7-4-9(13(17)6-12(7)16)14(19)10-5-8(18)2-3-11(10)15/h2-6H,18H2,1H3. The van der Waals surface area contributed by atoms with Gasteiger partial charge in [0.1, 0.15) is 17.5 Å². The van der Waals surface area contributed by atoms with Crippen molar-refractivity contribution in [1.29, 1.82) is 0 Å². The van der Waals surface area contributed by atoms with Gasteiger partial charge in [0, 0.05) is 11.8 Å². The average molecular weight is 265 g/mol. The Morgan fingerprint density at radius 3 is 2.26 bits per heavy atom. The van der Waals surface area contributed by atoms with Crippen molar-refractivity contribution in [3.63, 3.8) is 0 Å². The lowest BCUT2D eigenvalue weighted by Gasteiger charge is -2.07. The van der Waals surface area contributed by atoms with E-state index in [0.29, 0.717) is 6.07 Å². The van der Waals surface area contributed by atoms with Crippen LogP contribution in [-0.2, 0) is 0 Å². The van der Waals surface area contributed by atoms with E-state index < -0.39 is 23.2 Å². The van der Waals surface area contributed by atoms with Crippen LogP contribution in [0.4, 0.5) is 18.9 Å². The number of benzene rings is 2. The number of aryl methyl sites for hydroxylation is 1. The molecule has 0 saturated carbocycles. The highest BCUT2D eigenvalue weighted by Crippen LogP contribution is 2.21. The molecule has 0 aliphatic carbocycles. The van der Waals surface area contributed by atoms with Crippen LogP contribution in [0.25, 0.3) is 0 Å². The first-order valence-electron chi connectivity index (χ1n) is 5.45. The van der Waals surface area contributed by atoms with Gasteiger partial charge in [-0.1, -0.05) is 0 Å². The number of hydrogen-bond acceptors (Lipinski definition) is 2. The van der Waals surface area contributed by atoms with E-state index in [4.69, 9.17) is 5.73 Å². The second-order valence-corrected chi connectivity index (χ2v) is 4.15. The van der Waals surface area contributed by atoms with Gasteiger partial charge in [0.15, 0.2) is 5.78 Å². The molecule has 19 heavy (non-hydrogen) atoms. The number of carbonyl (C=O) groups is 1. The number of carbonyl (C=O) groups excluding carboxylic acids is 1. The molecule has 0 aromatic heterocycles. The molecule has 0 saturated heterocycles. The van der Waals surface area contributed by atoms with E-state index in [1.165, 1.54) is 13.0 Å². The topological polar surface area (TPSA) is 43.1 Å². The van der Waals surface area contributed by atoms with Crippen LogP contribution < -0.4 is 5.73 Å². The molecule has 0 atom stereocenters. The van der Waals surface area contributed by atoms with E-state index in [1.807, 2.05) is 0 Å². The zero-order valence-corrected chi connectivity index (χ0v) is 10.0. The lowest BCUT2D eigenvalue weighted by atomic mass is 10.00. The molecule has 2 aromatic rings. The van der Waals surface area contributed by atoms with Crippen molar-refractivity contribution in [2.45, 2.75) is 6.92 Å². The molecule has 5 heteroatoms. The van der Waals surface area contributed by atoms with Crippen LogP contribution in [0.15, 0.2) is 30.3 Å². The molecule has 0 heterocycles. The molecule has 2 aromatic carbocycles. The molecule has 0 spiro atoms. The molecule has 0 amide bonds. The van der Waals surface area contributed by atoms with Crippen molar-refractivity contribution in [3.05, 3.63) is 64.5 Å². The number of halogens is 3. The predicted molar refractivity (Wildman–Crippen MR) is 65.3 cm³/mol. The lowest BCUT2D eigenvalue weighted by Crippen LogP contribution is -2.08. The van der Waals surface area contributed by atoms with Crippen LogP contribution in [-0.4, -0.2) is 5.78 Å². The van der Waals surface area contributed by atoms with E-state index in [0.717, 1.165) is 18.2 Å². The summed E-state index contributed by atoms with van der Waals surface area (Å²) in [4.78, 5) is 12.0. The molecule has 0 aliphatic heterocycles. The molecule has 0 fully saturated rings. The molecule has 2 N–H and O–H groups in total. The maximum Gasteiger partial charge on any atom is 0.199 e. The highest BCUT2D eigenvalue weighted by atomic mass is 19.1. The Morgan fingerprint density at radius 2 is 1.58 bits per heavy atom. The van der Waals surface area contributed by atoms with Crippen LogP contribution in [0, 0.1) is 24.4 Å². The number of hydrogen-bond donors (Lipinski definition) is 1. The van der Waals surface area contributed by atoms with Crippen LogP contribution >= 0.6 is 0 Å². The molecule has 98 valence electrons. The van der Waals surface area contributed by atoms with Gasteiger partial charge in [0.05, 0.1) is 11.1 Å². The number of nitrogen functional groups attached to an aromatic ring is 1. The summed E-state index contributed by atoms with van der Waals surface area (Å²) in [6, 6.07) is 5.09. The lowest BCUT2D eigenvalue weighted by molar-refractivity contribution is 0.103. The van der Waals surface area contributed by atoms with E-state index in [-0.39, 0.29) is 22.4 Å². The van der Waals surface area contributed by atoms with Crippen molar-refractivity contribution < 1.29 is 18.0 Å². The quantitative estimate of drug-likeness (QED) is 0.669. The Morgan fingerprint density at radius 1 is 0.947 bits per heavy atom. The van der Waals surface area contributed by atoms with Gasteiger partial charge in [-0.05, 0) is 36.8 Å². The van der Waals surface area contributed by atoms with Crippen molar-refractivity contribution in [2.24, 2.45) is 0 Å². The molecule has 0 aliphatic rings. The minimum Gasteiger partial charge on any atom is -0.399 e. The van der Waals surface area contributed by atoms with Gasteiger partial charge in [-0.25, -0.2) is 13.2 Å². The average Bonchev–Trinajstić information content (AvgIpc) is 2.36. The van der Waals surface area contributed by atoms with Gasteiger partial charge in [0.25, 0.3) is 0 Å². The molecular weight excluding hydrogens is 255 g/mol. The minimum atomic E-state index is -1.03. The van der Waals surface area contributed by atoms with E-state index in [1.54, 1.807) is 0 Å². The first-order valence-corrected chi connectivity index (χ1v) is 5.45. The van der Waals surface area contributed by atoms with Crippen LogP contribution in [0.5, 0.6) is 0 Å². The fourth-order valence-electron chi connectivity index (χ4n) is 1.69. The SMILES string of the molecule is Cc1cc(C(=O)c2cc(N)ccc2F)c(F)cc1F. The number of anilines is 1.